The highest BCUT2D eigenvalue weighted by Gasteiger charge is 2.05. The highest BCUT2D eigenvalue weighted by atomic mass is 16.5. The van der Waals surface area contributed by atoms with E-state index in [1.54, 1.807) is 0 Å². The summed E-state index contributed by atoms with van der Waals surface area (Å²) in [6.07, 6.45) is 3.12. The molecule has 1 heterocycles. The quantitative estimate of drug-likeness (QED) is 0.647. The smallest absolute Gasteiger partial charge is 0.211 e. The van der Waals surface area contributed by atoms with Gasteiger partial charge in [-0.05, 0) is 19.4 Å². The number of rotatable bonds is 4. The van der Waals surface area contributed by atoms with E-state index in [0.717, 1.165) is 25.3 Å². The summed E-state index contributed by atoms with van der Waals surface area (Å²) in [7, 11) is 0. The average molecular weight is 180 g/mol. The molecule has 0 saturated heterocycles. The summed E-state index contributed by atoms with van der Waals surface area (Å²) >= 11 is 0. The Balaban J connectivity index is 2.74. The molecule has 0 spiro atoms. The third-order valence-electron chi connectivity index (χ3n) is 2.04. The second kappa shape index (κ2) is 4.85. The minimum atomic E-state index is 0.798. The van der Waals surface area contributed by atoms with Gasteiger partial charge in [0.05, 0.1) is 6.61 Å². The van der Waals surface area contributed by atoms with Gasteiger partial charge in [-0.1, -0.05) is 6.92 Å². The van der Waals surface area contributed by atoms with E-state index < -0.39 is 0 Å². The zero-order chi connectivity index (χ0) is 9.68. The van der Waals surface area contributed by atoms with Gasteiger partial charge in [0.1, 0.15) is 6.54 Å². The van der Waals surface area contributed by atoms with Crippen molar-refractivity contribution < 1.29 is 9.30 Å². The SMILES string of the molecule is CCCOc1ccc(C)[n+](CC)c1. The van der Waals surface area contributed by atoms with Crippen molar-refractivity contribution in [1.82, 2.24) is 0 Å². The molecule has 0 unspecified atom stereocenters. The van der Waals surface area contributed by atoms with Crippen LogP contribution in [-0.2, 0) is 6.54 Å². The zero-order valence-electron chi connectivity index (χ0n) is 8.71. The highest BCUT2D eigenvalue weighted by Crippen LogP contribution is 2.07. The summed E-state index contributed by atoms with van der Waals surface area (Å²) in [6, 6.07) is 4.12. The lowest BCUT2D eigenvalue weighted by molar-refractivity contribution is -0.699. The van der Waals surface area contributed by atoms with Crippen molar-refractivity contribution in [3.05, 3.63) is 24.0 Å². The van der Waals surface area contributed by atoms with Gasteiger partial charge in [-0.3, -0.25) is 0 Å². The molecule has 2 heteroatoms. The predicted octanol–water partition coefficient (Wildman–Crippen LogP) is 2.09. The molecule has 2 nitrogen and oxygen atoms in total. The minimum Gasteiger partial charge on any atom is -0.487 e. The zero-order valence-corrected chi connectivity index (χ0v) is 8.71. The number of hydrogen-bond acceptors (Lipinski definition) is 1. The monoisotopic (exact) mass is 180 g/mol. The lowest BCUT2D eigenvalue weighted by atomic mass is 10.3. The molecule has 0 bridgehead atoms. The van der Waals surface area contributed by atoms with E-state index >= 15 is 0 Å². The van der Waals surface area contributed by atoms with E-state index in [9.17, 15) is 0 Å². The van der Waals surface area contributed by atoms with Crippen LogP contribution in [0, 0.1) is 6.92 Å². The van der Waals surface area contributed by atoms with E-state index in [-0.39, 0.29) is 0 Å². The molecule has 1 aromatic heterocycles. The van der Waals surface area contributed by atoms with Crippen LogP contribution < -0.4 is 9.30 Å². The van der Waals surface area contributed by atoms with Crippen LogP contribution in [-0.4, -0.2) is 6.61 Å². The van der Waals surface area contributed by atoms with Gasteiger partial charge >= 0.3 is 0 Å². The van der Waals surface area contributed by atoms with Gasteiger partial charge in [0.25, 0.3) is 0 Å². The molecule has 0 aromatic carbocycles. The van der Waals surface area contributed by atoms with Gasteiger partial charge in [-0.2, -0.15) is 4.57 Å². The van der Waals surface area contributed by atoms with Crippen LogP contribution in [0.15, 0.2) is 18.3 Å². The molecule has 0 aliphatic rings. The fourth-order valence-corrected chi connectivity index (χ4v) is 1.24. The Morgan fingerprint density at radius 1 is 1.31 bits per heavy atom. The maximum absolute atomic E-state index is 5.53. The maximum atomic E-state index is 5.53. The molecule has 0 aliphatic heterocycles. The Morgan fingerprint density at radius 2 is 2.08 bits per heavy atom. The van der Waals surface area contributed by atoms with Crippen molar-refractivity contribution in [3.63, 3.8) is 0 Å². The minimum absolute atomic E-state index is 0.798. The standard InChI is InChI=1S/C11H18NO/c1-4-8-13-11-7-6-10(3)12(5-2)9-11/h6-7,9H,4-5,8H2,1-3H3/q+1. The molecule has 13 heavy (non-hydrogen) atoms. The number of aryl methyl sites for hydroxylation is 2. The average Bonchev–Trinajstić information content (AvgIpc) is 2.16. The van der Waals surface area contributed by atoms with Crippen LogP contribution in [0.25, 0.3) is 0 Å². The van der Waals surface area contributed by atoms with Crippen molar-refractivity contribution in [1.29, 1.82) is 0 Å². The Kier molecular flexibility index (Phi) is 3.74. The molecule has 0 atom stereocenters. The maximum Gasteiger partial charge on any atom is 0.211 e. The van der Waals surface area contributed by atoms with E-state index in [1.807, 2.05) is 6.07 Å². The third-order valence-corrected chi connectivity index (χ3v) is 2.04. The molecule has 0 fully saturated rings. The van der Waals surface area contributed by atoms with Crippen molar-refractivity contribution in [2.24, 2.45) is 0 Å². The van der Waals surface area contributed by atoms with E-state index in [0.29, 0.717) is 0 Å². The summed E-state index contributed by atoms with van der Waals surface area (Å²) in [4.78, 5) is 0. The van der Waals surface area contributed by atoms with Crippen molar-refractivity contribution >= 4 is 0 Å². The first-order valence-electron chi connectivity index (χ1n) is 4.90. The van der Waals surface area contributed by atoms with Crippen LogP contribution >= 0.6 is 0 Å². The topological polar surface area (TPSA) is 13.1 Å². The summed E-state index contributed by atoms with van der Waals surface area (Å²) < 4.78 is 7.72. The molecule has 1 aromatic rings. The van der Waals surface area contributed by atoms with Crippen LogP contribution in [0.1, 0.15) is 26.0 Å². The normalized spacial score (nSPS) is 10.1. The summed E-state index contributed by atoms with van der Waals surface area (Å²) in [5, 5.41) is 0. The summed E-state index contributed by atoms with van der Waals surface area (Å²) in [5.74, 6) is 0.967. The van der Waals surface area contributed by atoms with Crippen molar-refractivity contribution in [3.8, 4) is 5.75 Å². The number of aromatic nitrogens is 1. The van der Waals surface area contributed by atoms with Gasteiger partial charge in [-0.25, -0.2) is 0 Å². The van der Waals surface area contributed by atoms with E-state index in [4.69, 9.17) is 4.74 Å². The lowest BCUT2D eigenvalue weighted by Crippen LogP contribution is -2.35. The molecule has 0 saturated carbocycles. The Bertz CT molecular complexity index is 271. The largest absolute Gasteiger partial charge is 0.487 e. The molecule has 0 radical (unpaired) electrons. The van der Waals surface area contributed by atoms with Crippen LogP contribution in [0.3, 0.4) is 0 Å². The van der Waals surface area contributed by atoms with Crippen LogP contribution in [0.5, 0.6) is 5.75 Å². The van der Waals surface area contributed by atoms with Crippen LogP contribution in [0.4, 0.5) is 0 Å². The first kappa shape index (κ1) is 10.0. The van der Waals surface area contributed by atoms with E-state index in [1.165, 1.54) is 5.69 Å². The third kappa shape index (κ3) is 2.72. The van der Waals surface area contributed by atoms with Crippen LogP contribution in [0.2, 0.25) is 0 Å². The molecule has 1 rings (SSSR count). The molecular formula is C11H18NO+. The predicted molar refractivity (Wildman–Crippen MR) is 52.8 cm³/mol. The fourth-order valence-electron chi connectivity index (χ4n) is 1.24. The van der Waals surface area contributed by atoms with E-state index in [2.05, 4.69) is 37.6 Å². The lowest BCUT2D eigenvalue weighted by Gasteiger charge is -2.03. The molecular weight excluding hydrogens is 162 g/mol. The highest BCUT2D eigenvalue weighted by molar-refractivity contribution is 5.15. The van der Waals surface area contributed by atoms with Gasteiger partial charge in [0, 0.05) is 13.0 Å². The fraction of sp³-hybridized carbons (Fsp3) is 0.545. The number of hydrogen-bond donors (Lipinski definition) is 0. The molecule has 72 valence electrons. The number of nitrogens with zero attached hydrogens (tertiary/aromatic N) is 1. The Morgan fingerprint density at radius 3 is 2.69 bits per heavy atom. The summed E-state index contributed by atoms with van der Waals surface area (Å²) in [5.41, 5.74) is 1.27. The van der Waals surface area contributed by atoms with Crippen molar-refractivity contribution in [2.75, 3.05) is 6.61 Å². The molecule has 0 amide bonds. The second-order valence-corrected chi connectivity index (χ2v) is 3.14. The van der Waals surface area contributed by atoms with Gasteiger partial charge in [-0.15, -0.1) is 0 Å². The summed E-state index contributed by atoms with van der Waals surface area (Å²) in [6.45, 7) is 8.15. The Labute approximate surface area is 80.2 Å². The molecule has 0 aliphatic carbocycles. The van der Waals surface area contributed by atoms with Gasteiger partial charge in [0.15, 0.2) is 11.4 Å². The van der Waals surface area contributed by atoms with Gasteiger partial charge < -0.3 is 4.74 Å². The number of pyridine rings is 1. The Hall–Kier alpha value is -1.05. The first-order valence-corrected chi connectivity index (χ1v) is 4.90. The first-order chi connectivity index (χ1) is 6.27. The number of ether oxygens (including phenoxy) is 1. The van der Waals surface area contributed by atoms with Crippen molar-refractivity contribution in [2.45, 2.75) is 33.7 Å². The second-order valence-electron chi connectivity index (χ2n) is 3.14. The molecule has 0 N–H and O–H groups in total. The van der Waals surface area contributed by atoms with Gasteiger partial charge in [0.2, 0.25) is 6.20 Å².